The Labute approximate surface area is 186 Å². The van der Waals surface area contributed by atoms with Crippen molar-refractivity contribution in [3.8, 4) is 5.75 Å². The molecule has 1 aromatic heterocycles. The molecule has 3 rings (SSSR count). The molecule has 0 bridgehead atoms. The summed E-state index contributed by atoms with van der Waals surface area (Å²) < 4.78 is 51.0. The van der Waals surface area contributed by atoms with Crippen LogP contribution in [0.2, 0.25) is 5.02 Å². The maximum absolute atomic E-state index is 12.4. The van der Waals surface area contributed by atoms with Crippen LogP contribution in [-0.2, 0) is 20.0 Å². The van der Waals surface area contributed by atoms with E-state index in [0.29, 0.717) is 10.2 Å². The summed E-state index contributed by atoms with van der Waals surface area (Å²) in [6.45, 7) is 0. The van der Waals surface area contributed by atoms with Crippen LogP contribution in [-0.4, -0.2) is 46.3 Å². The molecule has 2 aromatic carbocycles. The number of hydrogen-bond acceptors (Lipinski definition) is 9. The predicted octanol–water partition coefficient (Wildman–Crippen LogP) is 2.65. The van der Waals surface area contributed by atoms with E-state index in [4.69, 9.17) is 15.8 Å². The molecule has 31 heavy (non-hydrogen) atoms. The fraction of sp³-hybridized carbons (Fsp3) is 0.118. The number of imide groups is 1. The predicted molar refractivity (Wildman–Crippen MR) is 116 cm³/mol. The summed E-state index contributed by atoms with van der Waals surface area (Å²) >= 11 is 6.97. The van der Waals surface area contributed by atoms with E-state index in [0.717, 1.165) is 29.9 Å². The highest BCUT2D eigenvalue weighted by molar-refractivity contribution is 7.90. The van der Waals surface area contributed by atoms with Crippen molar-refractivity contribution in [3.63, 3.8) is 0 Å². The molecule has 0 saturated carbocycles. The zero-order valence-corrected chi connectivity index (χ0v) is 19.1. The van der Waals surface area contributed by atoms with Crippen molar-refractivity contribution in [2.75, 3.05) is 17.8 Å². The van der Waals surface area contributed by atoms with Crippen molar-refractivity contribution < 1.29 is 30.6 Å². The highest BCUT2D eigenvalue weighted by Gasteiger charge is 2.18. The first-order valence-electron chi connectivity index (χ1n) is 8.24. The molecule has 10 nitrogen and oxygen atoms in total. The van der Waals surface area contributed by atoms with E-state index in [9.17, 15) is 26.4 Å². The average Bonchev–Trinajstić information content (AvgIpc) is 3.02. The molecule has 2 N–H and O–H groups in total. The summed E-state index contributed by atoms with van der Waals surface area (Å²) in [6.07, 6.45) is 1.92. The number of carbonyl (C=O) groups excluding carboxylic acids is 2. The maximum atomic E-state index is 12.4. The van der Waals surface area contributed by atoms with Crippen LogP contribution >= 0.6 is 22.9 Å². The van der Waals surface area contributed by atoms with Crippen LogP contribution in [0, 0.1) is 0 Å². The van der Waals surface area contributed by atoms with Crippen LogP contribution in [0.4, 0.5) is 9.93 Å². The molecule has 1 heterocycles. The average molecular weight is 504 g/mol. The Morgan fingerprint density at radius 3 is 2.42 bits per heavy atom. The smallest absolute Gasteiger partial charge is 0.327 e. The summed E-state index contributed by atoms with van der Waals surface area (Å²) in [5.41, 5.74) is 0.285. The second kappa shape index (κ2) is 8.42. The first kappa shape index (κ1) is 22.9. The van der Waals surface area contributed by atoms with Gasteiger partial charge in [-0.2, -0.15) is 8.42 Å². The fourth-order valence-corrected chi connectivity index (χ4v) is 4.67. The highest BCUT2D eigenvalue weighted by Crippen LogP contribution is 2.28. The number of amides is 3. The molecular formula is C17H14ClN3O7S3. The van der Waals surface area contributed by atoms with Crippen LogP contribution in [0.5, 0.6) is 5.75 Å². The molecule has 3 aromatic rings. The van der Waals surface area contributed by atoms with Gasteiger partial charge in [0.15, 0.2) is 15.0 Å². The third kappa shape index (κ3) is 5.91. The molecule has 0 aliphatic carbocycles. The summed E-state index contributed by atoms with van der Waals surface area (Å²) in [5, 5.41) is 4.53. The molecule has 0 aliphatic heterocycles. The minimum absolute atomic E-state index is 0.0283. The van der Waals surface area contributed by atoms with Gasteiger partial charge in [-0.25, -0.2) is 18.2 Å². The van der Waals surface area contributed by atoms with Crippen LogP contribution < -0.4 is 14.8 Å². The molecule has 164 valence electrons. The first-order valence-corrected chi connectivity index (χ1v) is 13.1. The molecule has 0 fully saturated rings. The van der Waals surface area contributed by atoms with E-state index in [2.05, 4.69) is 10.3 Å². The maximum Gasteiger partial charge on any atom is 0.327 e. The molecule has 0 spiro atoms. The normalized spacial score (nSPS) is 11.8. The van der Waals surface area contributed by atoms with Crippen molar-refractivity contribution in [1.29, 1.82) is 0 Å². The number of urea groups is 1. The van der Waals surface area contributed by atoms with Crippen molar-refractivity contribution in [2.24, 2.45) is 0 Å². The largest absolute Gasteiger partial charge is 0.383 e. The molecule has 0 aliphatic rings. The summed E-state index contributed by atoms with van der Waals surface area (Å²) in [4.78, 5) is 28.8. The highest BCUT2D eigenvalue weighted by atomic mass is 35.5. The number of rotatable bonds is 5. The second-order valence-corrected chi connectivity index (χ2v) is 11.3. The summed E-state index contributed by atoms with van der Waals surface area (Å²) in [6, 6.07) is 7.01. The Morgan fingerprint density at radius 2 is 1.77 bits per heavy atom. The Balaban J connectivity index is 1.75. The van der Waals surface area contributed by atoms with E-state index in [1.165, 1.54) is 30.3 Å². The number of fused-ring (bicyclic) bond motifs is 1. The molecule has 0 radical (unpaired) electrons. The Morgan fingerprint density at radius 1 is 1.06 bits per heavy atom. The topological polar surface area (TPSA) is 149 Å². The Hall–Kier alpha value is -2.74. The van der Waals surface area contributed by atoms with E-state index in [-0.39, 0.29) is 26.4 Å². The van der Waals surface area contributed by atoms with Crippen LogP contribution in [0.3, 0.4) is 0 Å². The van der Waals surface area contributed by atoms with Crippen molar-refractivity contribution in [1.82, 2.24) is 10.3 Å². The number of nitrogens with zero attached hydrogens (tertiary/aromatic N) is 1. The van der Waals surface area contributed by atoms with Gasteiger partial charge in [0.2, 0.25) is 0 Å². The number of anilines is 1. The van der Waals surface area contributed by atoms with Gasteiger partial charge in [0, 0.05) is 6.26 Å². The third-order valence-electron chi connectivity index (χ3n) is 3.67. The summed E-state index contributed by atoms with van der Waals surface area (Å²) in [5.74, 6) is -1.05. The lowest BCUT2D eigenvalue weighted by Gasteiger charge is -2.08. The van der Waals surface area contributed by atoms with Crippen LogP contribution in [0.1, 0.15) is 10.4 Å². The van der Waals surface area contributed by atoms with Gasteiger partial charge in [0.25, 0.3) is 5.91 Å². The molecule has 0 saturated heterocycles. The molecule has 0 unspecified atom stereocenters. The standard InChI is InChI=1S/C17H14ClN3O7S3/c1-30(24,25)10-4-6-13-14(8-10)29-17(19-13)21-16(23)20-15(22)11-7-9(3-5-12(11)18)28-31(2,26)27/h3-8H,1-2H3,(H2,19,20,21,22,23). The summed E-state index contributed by atoms with van der Waals surface area (Å²) in [7, 11) is -7.22. The lowest BCUT2D eigenvalue weighted by atomic mass is 10.2. The van der Waals surface area contributed by atoms with E-state index in [1.807, 2.05) is 5.32 Å². The number of hydrogen-bond donors (Lipinski definition) is 2. The van der Waals surface area contributed by atoms with Crippen molar-refractivity contribution >= 4 is 70.2 Å². The molecule has 14 heteroatoms. The number of sulfone groups is 1. The second-order valence-electron chi connectivity index (χ2n) is 6.26. The van der Waals surface area contributed by atoms with Gasteiger partial charge in [-0.3, -0.25) is 15.4 Å². The van der Waals surface area contributed by atoms with Gasteiger partial charge in [-0.05, 0) is 36.4 Å². The van der Waals surface area contributed by atoms with Crippen molar-refractivity contribution in [2.45, 2.75) is 4.90 Å². The number of halogens is 1. The zero-order chi connectivity index (χ0) is 23.0. The number of thiazole rings is 1. The monoisotopic (exact) mass is 503 g/mol. The number of nitrogens with one attached hydrogen (secondary N) is 2. The molecular weight excluding hydrogens is 490 g/mol. The van der Waals surface area contributed by atoms with Gasteiger partial charge < -0.3 is 4.18 Å². The van der Waals surface area contributed by atoms with Gasteiger partial charge in [0.05, 0.1) is 32.0 Å². The quantitative estimate of drug-likeness (QED) is 0.504. The SMILES string of the molecule is CS(=O)(=O)Oc1ccc(Cl)c(C(=O)NC(=O)Nc2nc3ccc(S(C)(=O)=O)cc3s2)c1. The lowest BCUT2D eigenvalue weighted by molar-refractivity contribution is 0.0967. The molecule has 3 amide bonds. The van der Waals surface area contributed by atoms with E-state index in [1.54, 1.807) is 0 Å². The van der Waals surface area contributed by atoms with Gasteiger partial charge >= 0.3 is 16.1 Å². The van der Waals surface area contributed by atoms with Gasteiger partial charge in [-0.1, -0.05) is 22.9 Å². The van der Waals surface area contributed by atoms with E-state index >= 15 is 0 Å². The van der Waals surface area contributed by atoms with E-state index < -0.39 is 31.9 Å². The van der Waals surface area contributed by atoms with Crippen molar-refractivity contribution in [3.05, 3.63) is 47.0 Å². The Bertz CT molecular complexity index is 1420. The molecule has 0 atom stereocenters. The minimum Gasteiger partial charge on any atom is -0.383 e. The Kier molecular flexibility index (Phi) is 6.23. The number of carbonyl (C=O) groups is 2. The lowest BCUT2D eigenvalue weighted by Crippen LogP contribution is -2.34. The number of aromatic nitrogens is 1. The zero-order valence-electron chi connectivity index (χ0n) is 15.9. The van der Waals surface area contributed by atoms with Crippen LogP contribution in [0.25, 0.3) is 10.2 Å². The van der Waals surface area contributed by atoms with Gasteiger partial charge in [0.1, 0.15) is 5.75 Å². The third-order valence-corrected chi connectivity index (χ3v) is 6.53. The van der Waals surface area contributed by atoms with Crippen LogP contribution in [0.15, 0.2) is 41.3 Å². The first-order chi connectivity index (χ1) is 14.3. The fourth-order valence-electron chi connectivity index (χ4n) is 2.39. The van der Waals surface area contributed by atoms with Gasteiger partial charge in [-0.15, -0.1) is 0 Å². The number of benzene rings is 2. The minimum atomic E-state index is -3.82.